The molecule has 0 aliphatic carbocycles. The smallest absolute Gasteiger partial charge is 0.276 e. The number of rotatable bonds is 6. The summed E-state index contributed by atoms with van der Waals surface area (Å²) in [6.07, 6.45) is 1.77. The third-order valence-electron chi connectivity index (χ3n) is 3.75. The number of benzene rings is 1. The largest absolute Gasteiger partial charge is 0.486 e. The van der Waals surface area contributed by atoms with Crippen LogP contribution in [0.3, 0.4) is 0 Å². The molecule has 0 saturated heterocycles. The Bertz CT molecular complexity index is 799. The van der Waals surface area contributed by atoms with Gasteiger partial charge >= 0.3 is 0 Å². The molecule has 0 bridgehead atoms. The Morgan fingerprint density at radius 2 is 2.00 bits per heavy atom. The van der Waals surface area contributed by atoms with Crippen LogP contribution in [0.4, 0.5) is 0 Å². The minimum atomic E-state index is -3.69. The summed E-state index contributed by atoms with van der Waals surface area (Å²) in [5, 5.41) is -0.0365. The molecule has 2 heterocycles. The van der Waals surface area contributed by atoms with Gasteiger partial charge in [0.05, 0.1) is 12.8 Å². The second-order valence-corrected chi connectivity index (χ2v) is 7.67. The molecule has 2 aromatic rings. The van der Waals surface area contributed by atoms with E-state index in [2.05, 4.69) is 0 Å². The Kier molecular flexibility index (Phi) is 4.82. The number of nitrogens with zero attached hydrogens (tertiary/aromatic N) is 1. The first kappa shape index (κ1) is 16.9. The van der Waals surface area contributed by atoms with Crippen molar-refractivity contribution in [1.82, 2.24) is 4.31 Å². The van der Waals surface area contributed by atoms with E-state index in [1.54, 1.807) is 6.92 Å². The Morgan fingerprint density at radius 3 is 2.67 bits per heavy atom. The van der Waals surface area contributed by atoms with Crippen LogP contribution >= 0.6 is 0 Å². The first-order valence-electron chi connectivity index (χ1n) is 7.94. The van der Waals surface area contributed by atoms with Gasteiger partial charge in [0.1, 0.15) is 12.7 Å². The van der Waals surface area contributed by atoms with E-state index in [4.69, 9.17) is 13.9 Å². The van der Waals surface area contributed by atoms with E-state index in [1.165, 1.54) is 16.6 Å². The predicted octanol–water partition coefficient (Wildman–Crippen LogP) is 2.83. The van der Waals surface area contributed by atoms with Crippen molar-refractivity contribution in [2.24, 2.45) is 0 Å². The fourth-order valence-electron chi connectivity index (χ4n) is 2.61. The molecule has 130 valence electrons. The number of fused-ring (bicyclic) bond motifs is 1. The highest BCUT2D eigenvalue weighted by atomic mass is 32.2. The van der Waals surface area contributed by atoms with Crippen molar-refractivity contribution in [2.45, 2.75) is 31.5 Å². The maximum Gasteiger partial charge on any atom is 0.276 e. The highest BCUT2D eigenvalue weighted by Gasteiger charge is 2.31. The van der Waals surface area contributed by atoms with Gasteiger partial charge in [-0.15, -0.1) is 0 Å². The first-order valence-corrected chi connectivity index (χ1v) is 9.38. The van der Waals surface area contributed by atoms with Gasteiger partial charge in [-0.25, -0.2) is 8.42 Å². The van der Waals surface area contributed by atoms with Gasteiger partial charge in [-0.2, -0.15) is 4.31 Å². The summed E-state index contributed by atoms with van der Waals surface area (Å²) in [6, 6.07) is 8.91. The Morgan fingerprint density at radius 1 is 1.25 bits per heavy atom. The molecule has 1 aliphatic rings. The highest BCUT2D eigenvalue weighted by Crippen LogP contribution is 2.31. The van der Waals surface area contributed by atoms with Crippen molar-refractivity contribution in [3.05, 3.63) is 42.2 Å². The van der Waals surface area contributed by atoms with Crippen LogP contribution < -0.4 is 9.47 Å². The molecule has 1 aliphatic heterocycles. The monoisotopic (exact) mass is 351 g/mol. The average molecular weight is 351 g/mol. The molecule has 0 amide bonds. The van der Waals surface area contributed by atoms with Gasteiger partial charge < -0.3 is 13.9 Å². The normalized spacial score (nSPS) is 17.2. The lowest BCUT2D eigenvalue weighted by molar-refractivity contribution is 0.0761. The highest BCUT2D eigenvalue weighted by molar-refractivity contribution is 7.89. The van der Waals surface area contributed by atoms with Crippen molar-refractivity contribution in [3.63, 3.8) is 0 Å². The summed E-state index contributed by atoms with van der Waals surface area (Å²) in [5.41, 5.74) is 0.774. The number of ether oxygens (including phenoxy) is 2. The molecule has 1 unspecified atom stereocenters. The van der Waals surface area contributed by atoms with E-state index in [1.807, 2.05) is 31.2 Å². The van der Waals surface area contributed by atoms with Gasteiger partial charge in [-0.05, 0) is 31.0 Å². The second kappa shape index (κ2) is 6.86. The molecule has 0 spiro atoms. The molecule has 24 heavy (non-hydrogen) atoms. The summed E-state index contributed by atoms with van der Waals surface area (Å²) < 4.78 is 43.7. The molecule has 0 N–H and O–H groups in total. The topological polar surface area (TPSA) is 69.0 Å². The lowest BCUT2D eigenvalue weighted by Crippen LogP contribution is -2.43. The van der Waals surface area contributed by atoms with E-state index < -0.39 is 10.0 Å². The second-order valence-electron chi connectivity index (χ2n) is 5.80. The molecular weight excluding hydrogens is 330 g/mol. The van der Waals surface area contributed by atoms with Gasteiger partial charge in [0.15, 0.2) is 11.5 Å². The van der Waals surface area contributed by atoms with Gasteiger partial charge in [0, 0.05) is 12.6 Å². The standard InChI is InChI=1S/C17H21NO5S/c1-3-8-18(24(19,20)17-9-13(2)11-22-17)10-14-12-21-15-6-4-5-7-16(15)23-14/h4-7,9,11,14H,3,8,10,12H2,1-2H3. The molecule has 1 aromatic heterocycles. The van der Waals surface area contributed by atoms with E-state index in [-0.39, 0.29) is 17.7 Å². The van der Waals surface area contributed by atoms with Crippen LogP contribution in [0, 0.1) is 6.92 Å². The number of aryl methyl sites for hydroxylation is 1. The number of furan rings is 1. The Labute approximate surface area is 142 Å². The lowest BCUT2D eigenvalue weighted by atomic mass is 10.2. The van der Waals surface area contributed by atoms with Crippen LogP contribution in [0.2, 0.25) is 0 Å². The van der Waals surface area contributed by atoms with Crippen LogP contribution in [0.1, 0.15) is 18.9 Å². The van der Waals surface area contributed by atoms with Crippen molar-refractivity contribution in [2.75, 3.05) is 19.7 Å². The third-order valence-corrected chi connectivity index (χ3v) is 5.48. The molecule has 0 fully saturated rings. The minimum absolute atomic E-state index is 0.0365. The third kappa shape index (κ3) is 3.42. The van der Waals surface area contributed by atoms with E-state index in [0.717, 1.165) is 5.56 Å². The van der Waals surface area contributed by atoms with Crippen molar-refractivity contribution in [3.8, 4) is 11.5 Å². The van der Waals surface area contributed by atoms with E-state index >= 15 is 0 Å². The van der Waals surface area contributed by atoms with Crippen LogP contribution in [0.25, 0.3) is 0 Å². The van der Waals surface area contributed by atoms with Crippen molar-refractivity contribution >= 4 is 10.0 Å². The predicted molar refractivity (Wildman–Crippen MR) is 88.8 cm³/mol. The summed E-state index contributed by atoms with van der Waals surface area (Å²) >= 11 is 0. The maximum atomic E-state index is 12.8. The molecule has 3 rings (SSSR count). The molecule has 0 radical (unpaired) electrons. The summed E-state index contributed by atoms with van der Waals surface area (Å²) in [7, 11) is -3.69. The van der Waals surface area contributed by atoms with Gasteiger partial charge in [0.25, 0.3) is 10.0 Å². The summed E-state index contributed by atoms with van der Waals surface area (Å²) in [4.78, 5) is 0. The number of hydrogen-bond acceptors (Lipinski definition) is 5. The zero-order valence-corrected chi connectivity index (χ0v) is 14.6. The number of hydrogen-bond donors (Lipinski definition) is 0. The first-order chi connectivity index (χ1) is 11.5. The van der Waals surface area contributed by atoms with E-state index in [0.29, 0.717) is 31.1 Å². The van der Waals surface area contributed by atoms with Gasteiger partial charge in [-0.3, -0.25) is 0 Å². The van der Waals surface area contributed by atoms with Crippen LogP contribution in [-0.2, 0) is 10.0 Å². The fraction of sp³-hybridized carbons (Fsp3) is 0.412. The molecule has 7 heteroatoms. The number of para-hydroxylation sites is 2. The summed E-state index contributed by atoms with van der Waals surface area (Å²) in [5.74, 6) is 1.32. The summed E-state index contributed by atoms with van der Waals surface area (Å²) in [6.45, 7) is 4.64. The molecule has 1 aromatic carbocycles. The van der Waals surface area contributed by atoms with Crippen molar-refractivity contribution < 1.29 is 22.3 Å². The van der Waals surface area contributed by atoms with E-state index in [9.17, 15) is 8.42 Å². The Balaban J connectivity index is 1.78. The van der Waals surface area contributed by atoms with Crippen LogP contribution in [0.15, 0.2) is 46.1 Å². The molecule has 0 saturated carbocycles. The molecular formula is C17H21NO5S. The van der Waals surface area contributed by atoms with Crippen LogP contribution in [0.5, 0.6) is 11.5 Å². The lowest BCUT2D eigenvalue weighted by Gasteiger charge is -2.30. The number of sulfonamides is 1. The van der Waals surface area contributed by atoms with Gasteiger partial charge in [0.2, 0.25) is 5.09 Å². The maximum absolute atomic E-state index is 12.8. The zero-order chi connectivity index (χ0) is 17.2. The zero-order valence-electron chi connectivity index (χ0n) is 13.8. The van der Waals surface area contributed by atoms with Gasteiger partial charge in [-0.1, -0.05) is 19.1 Å². The van der Waals surface area contributed by atoms with Crippen molar-refractivity contribution in [1.29, 1.82) is 0 Å². The SMILES string of the molecule is CCCN(CC1COc2ccccc2O1)S(=O)(=O)c1cc(C)co1. The quantitative estimate of drug-likeness (QED) is 0.800. The van der Waals surface area contributed by atoms with Crippen LogP contribution in [-0.4, -0.2) is 38.5 Å². The average Bonchev–Trinajstić information content (AvgIpc) is 3.01. The molecule has 1 atom stereocenters. The Hall–Kier alpha value is -1.99. The fourth-order valence-corrected chi connectivity index (χ4v) is 4.15. The molecule has 6 nitrogen and oxygen atoms in total. The minimum Gasteiger partial charge on any atom is -0.486 e.